The van der Waals surface area contributed by atoms with E-state index in [1.54, 1.807) is 23.6 Å². The molecular formula is C18H16BrN5O5S2. The topological polar surface area (TPSA) is 158 Å². The van der Waals surface area contributed by atoms with Crippen LogP contribution in [-0.2, 0) is 4.74 Å². The SMILES string of the molecule is N#Cc1ccc(S[C@H]2OC(CO)[C@H](O)[C@H](n3cc(-c4csc(O)n4)nn3)C2O)cc1Br. The van der Waals surface area contributed by atoms with Crippen molar-refractivity contribution in [2.24, 2.45) is 0 Å². The van der Waals surface area contributed by atoms with Gasteiger partial charge in [0.25, 0.3) is 5.19 Å². The van der Waals surface area contributed by atoms with Crippen molar-refractivity contribution in [3.8, 4) is 22.7 Å². The zero-order chi connectivity index (χ0) is 22.1. The van der Waals surface area contributed by atoms with E-state index >= 15 is 0 Å². The van der Waals surface area contributed by atoms with Crippen LogP contribution in [0.5, 0.6) is 5.19 Å². The minimum atomic E-state index is -1.25. The van der Waals surface area contributed by atoms with E-state index in [1.807, 2.05) is 0 Å². The normalized spacial score (nSPS) is 26.0. The van der Waals surface area contributed by atoms with Crippen molar-refractivity contribution in [1.29, 1.82) is 5.26 Å². The fraction of sp³-hybridized carbons (Fsp3) is 0.333. The Morgan fingerprint density at radius 2 is 2.10 bits per heavy atom. The van der Waals surface area contributed by atoms with Gasteiger partial charge in [-0.3, -0.25) is 0 Å². The van der Waals surface area contributed by atoms with Crippen LogP contribution in [0.15, 0.2) is 39.1 Å². The van der Waals surface area contributed by atoms with Gasteiger partial charge in [-0.25, -0.2) is 9.67 Å². The van der Waals surface area contributed by atoms with Crippen molar-refractivity contribution in [1.82, 2.24) is 20.0 Å². The Morgan fingerprint density at radius 3 is 2.74 bits per heavy atom. The molecule has 5 atom stereocenters. The first-order chi connectivity index (χ1) is 14.9. The molecular weight excluding hydrogens is 510 g/mol. The highest BCUT2D eigenvalue weighted by atomic mass is 79.9. The fourth-order valence-electron chi connectivity index (χ4n) is 3.19. The van der Waals surface area contributed by atoms with Crippen molar-refractivity contribution < 1.29 is 25.2 Å². The van der Waals surface area contributed by atoms with E-state index in [2.05, 4.69) is 37.3 Å². The van der Waals surface area contributed by atoms with Gasteiger partial charge in [0, 0.05) is 14.7 Å². The number of aromatic nitrogens is 4. The molecule has 0 spiro atoms. The highest BCUT2D eigenvalue weighted by molar-refractivity contribution is 9.10. The number of aliphatic hydroxyl groups excluding tert-OH is 3. The Kier molecular flexibility index (Phi) is 6.58. The highest BCUT2D eigenvalue weighted by Gasteiger charge is 2.46. The third-order valence-corrected chi connectivity index (χ3v) is 7.18. The Balaban J connectivity index is 1.60. The largest absolute Gasteiger partial charge is 0.486 e. The van der Waals surface area contributed by atoms with Crippen LogP contribution in [0.25, 0.3) is 11.4 Å². The number of nitrogens with zero attached hydrogens (tertiary/aromatic N) is 5. The van der Waals surface area contributed by atoms with E-state index in [0.717, 1.165) is 16.2 Å². The minimum Gasteiger partial charge on any atom is -0.486 e. The smallest absolute Gasteiger partial charge is 0.271 e. The van der Waals surface area contributed by atoms with Gasteiger partial charge in [0.1, 0.15) is 47.2 Å². The minimum absolute atomic E-state index is 0.110. The summed E-state index contributed by atoms with van der Waals surface area (Å²) in [5, 5.41) is 59.4. The molecule has 1 aliphatic heterocycles. The molecule has 1 aliphatic rings. The molecule has 0 aliphatic carbocycles. The molecule has 2 unspecified atom stereocenters. The summed E-state index contributed by atoms with van der Waals surface area (Å²) < 4.78 is 7.65. The number of aliphatic hydroxyl groups is 3. The van der Waals surface area contributed by atoms with Crippen LogP contribution in [0.3, 0.4) is 0 Å². The average Bonchev–Trinajstić information content (AvgIpc) is 3.39. The summed E-state index contributed by atoms with van der Waals surface area (Å²) in [6.45, 7) is -0.458. The van der Waals surface area contributed by atoms with Crippen molar-refractivity contribution in [2.45, 2.75) is 34.7 Å². The van der Waals surface area contributed by atoms with E-state index in [9.17, 15) is 20.4 Å². The van der Waals surface area contributed by atoms with Gasteiger partial charge in [0.2, 0.25) is 0 Å². The van der Waals surface area contributed by atoms with Crippen LogP contribution < -0.4 is 0 Å². The number of hydrogen-bond donors (Lipinski definition) is 4. The first kappa shape index (κ1) is 22.2. The molecule has 3 heterocycles. The molecule has 0 saturated carbocycles. The van der Waals surface area contributed by atoms with Crippen LogP contribution in [-0.4, -0.2) is 70.8 Å². The third kappa shape index (κ3) is 4.46. The Morgan fingerprint density at radius 1 is 1.29 bits per heavy atom. The number of hydrogen-bond acceptors (Lipinski definition) is 11. The van der Waals surface area contributed by atoms with Crippen LogP contribution in [0.1, 0.15) is 11.6 Å². The van der Waals surface area contributed by atoms with Crippen molar-refractivity contribution in [2.75, 3.05) is 6.61 Å². The van der Waals surface area contributed by atoms with Crippen LogP contribution >= 0.6 is 39.0 Å². The Hall–Kier alpha value is -2.05. The van der Waals surface area contributed by atoms with E-state index in [0.29, 0.717) is 21.4 Å². The van der Waals surface area contributed by atoms with Gasteiger partial charge in [-0.15, -0.1) is 5.10 Å². The highest BCUT2D eigenvalue weighted by Crippen LogP contribution is 2.39. The van der Waals surface area contributed by atoms with E-state index in [4.69, 9.17) is 10.00 Å². The summed E-state index contributed by atoms with van der Waals surface area (Å²) in [5.41, 5.74) is 0.417. The van der Waals surface area contributed by atoms with Crippen molar-refractivity contribution in [3.05, 3.63) is 39.8 Å². The predicted octanol–water partition coefficient (Wildman–Crippen LogP) is 1.51. The molecule has 31 heavy (non-hydrogen) atoms. The number of rotatable bonds is 5. The van der Waals surface area contributed by atoms with E-state index in [-0.39, 0.29) is 5.19 Å². The summed E-state index contributed by atoms with van der Waals surface area (Å²) in [6, 6.07) is 6.21. The Bertz CT molecular complexity index is 1120. The van der Waals surface area contributed by atoms with E-state index < -0.39 is 36.4 Å². The summed E-state index contributed by atoms with van der Waals surface area (Å²) in [5.74, 6) is 0. The zero-order valence-corrected chi connectivity index (χ0v) is 18.8. The molecule has 13 heteroatoms. The first-order valence-corrected chi connectivity index (χ1v) is 11.5. The number of ether oxygens (including phenoxy) is 1. The molecule has 4 N–H and O–H groups in total. The first-order valence-electron chi connectivity index (χ1n) is 8.96. The molecule has 4 rings (SSSR count). The van der Waals surface area contributed by atoms with Crippen molar-refractivity contribution >= 4 is 39.0 Å². The van der Waals surface area contributed by atoms with Gasteiger partial charge < -0.3 is 25.2 Å². The predicted molar refractivity (Wildman–Crippen MR) is 114 cm³/mol. The van der Waals surface area contributed by atoms with Crippen LogP contribution in [0.4, 0.5) is 0 Å². The molecule has 1 saturated heterocycles. The number of thiazole rings is 1. The van der Waals surface area contributed by atoms with Gasteiger partial charge >= 0.3 is 0 Å². The fourth-order valence-corrected chi connectivity index (χ4v) is 5.45. The summed E-state index contributed by atoms with van der Waals surface area (Å²) in [4.78, 5) is 4.66. The van der Waals surface area contributed by atoms with Gasteiger partial charge in [-0.2, -0.15) is 5.26 Å². The lowest BCUT2D eigenvalue weighted by Gasteiger charge is -2.41. The second kappa shape index (κ2) is 9.21. The molecule has 1 fully saturated rings. The molecule has 0 radical (unpaired) electrons. The zero-order valence-electron chi connectivity index (χ0n) is 15.6. The number of nitriles is 1. The number of benzene rings is 1. The summed E-state index contributed by atoms with van der Waals surface area (Å²) in [6.07, 6.45) is -1.90. The van der Waals surface area contributed by atoms with Crippen LogP contribution in [0.2, 0.25) is 0 Å². The summed E-state index contributed by atoms with van der Waals surface area (Å²) in [7, 11) is 0. The molecule has 3 aromatic rings. The molecule has 2 aromatic heterocycles. The van der Waals surface area contributed by atoms with Gasteiger partial charge in [0.15, 0.2) is 0 Å². The Labute approximate surface area is 192 Å². The molecule has 162 valence electrons. The lowest BCUT2D eigenvalue weighted by Crippen LogP contribution is -2.55. The third-order valence-electron chi connectivity index (χ3n) is 4.73. The monoisotopic (exact) mass is 525 g/mol. The van der Waals surface area contributed by atoms with E-state index in [1.165, 1.54) is 22.6 Å². The number of aromatic hydroxyl groups is 1. The maximum absolute atomic E-state index is 11.0. The molecule has 1 aromatic carbocycles. The number of halogens is 1. The second-order valence-electron chi connectivity index (χ2n) is 6.67. The van der Waals surface area contributed by atoms with Gasteiger partial charge in [0.05, 0.1) is 18.4 Å². The second-order valence-corrected chi connectivity index (χ2v) is 9.53. The lowest BCUT2D eigenvalue weighted by atomic mass is 9.97. The maximum Gasteiger partial charge on any atom is 0.271 e. The van der Waals surface area contributed by atoms with Gasteiger partial charge in [-0.05, 0) is 34.1 Å². The number of thioether (sulfide) groups is 1. The van der Waals surface area contributed by atoms with Crippen LogP contribution in [0, 0.1) is 11.3 Å². The standard InChI is InChI=1S/C18H16BrN5O5S2/c19-10-3-9(2-1-8(10)4-20)31-17-16(27)14(15(26)13(6-25)29-17)24-5-11(22-23-24)12-7-30-18(28)21-12/h1-3,5,7,13-17,25-27H,6H2,(H,21,28)/t13?,14-,15-,16?,17+/m0/s1. The van der Waals surface area contributed by atoms with Gasteiger partial charge in [-0.1, -0.05) is 28.3 Å². The van der Waals surface area contributed by atoms with Crippen molar-refractivity contribution in [3.63, 3.8) is 0 Å². The maximum atomic E-state index is 11.0. The average molecular weight is 526 g/mol. The summed E-state index contributed by atoms with van der Waals surface area (Å²) >= 11 is 5.57. The lowest BCUT2D eigenvalue weighted by molar-refractivity contribution is -0.178. The quantitative estimate of drug-likeness (QED) is 0.384. The molecule has 0 amide bonds. The molecule has 10 nitrogen and oxygen atoms in total. The molecule has 0 bridgehead atoms.